The van der Waals surface area contributed by atoms with Gasteiger partial charge >= 0.3 is 5.97 Å². The lowest BCUT2D eigenvalue weighted by molar-refractivity contribution is -0.123. The number of halogens is 2. The van der Waals surface area contributed by atoms with E-state index >= 15 is 0 Å². The molecule has 0 aliphatic carbocycles. The molecule has 2 aromatic heterocycles. The molecular weight excluding hydrogens is 409 g/mol. The summed E-state index contributed by atoms with van der Waals surface area (Å²) in [5, 5.41) is 12.0. The van der Waals surface area contributed by atoms with Crippen LogP contribution in [0, 0.1) is 11.3 Å². The number of aromatic nitrogens is 1. The lowest BCUT2D eigenvalue weighted by atomic mass is 10.2. The van der Waals surface area contributed by atoms with Crippen molar-refractivity contribution in [1.29, 1.82) is 5.26 Å². The molecule has 0 fully saturated rings. The molecule has 3 aromatic rings. The maximum absolute atomic E-state index is 12.3. The Balaban J connectivity index is 1.67. The highest BCUT2D eigenvalue weighted by molar-refractivity contribution is 7.20. The molecule has 0 aliphatic heterocycles. The first-order valence-electron chi connectivity index (χ1n) is 7.65. The SMILES string of the molecule is CC(OC(=O)c1cc2nc(Cl)ccc2s1)C(=O)Nc1ccc(C#N)c(Cl)c1. The van der Waals surface area contributed by atoms with Gasteiger partial charge < -0.3 is 10.1 Å². The van der Waals surface area contributed by atoms with Crippen LogP contribution in [0.15, 0.2) is 36.4 Å². The highest BCUT2D eigenvalue weighted by atomic mass is 35.5. The molecule has 0 radical (unpaired) electrons. The van der Waals surface area contributed by atoms with Gasteiger partial charge in [0.05, 0.1) is 20.8 Å². The van der Waals surface area contributed by atoms with E-state index in [1.54, 1.807) is 18.2 Å². The molecule has 9 heteroatoms. The number of hydrogen-bond donors (Lipinski definition) is 1. The third-order valence-corrected chi connectivity index (χ3v) is 5.14. The van der Waals surface area contributed by atoms with Gasteiger partial charge in [-0.1, -0.05) is 23.2 Å². The Morgan fingerprint density at radius 3 is 2.74 bits per heavy atom. The molecular formula is C18H11Cl2N3O3S. The van der Waals surface area contributed by atoms with Crippen LogP contribution in [0.5, 0.6) is 0 Å². The number of hydrogen-bond acceptors (Lipinski definition) is 6. The lowest BCUT2D eigenvalue weighted by Gasteiger charge is -2.13. The second kappa shape index (κ2) is 7.92. The molecule has 2 heterocycles. The van der Waals surface area contributed by atoms with Crippen molar-refractivity contribution in [3.63, 3.8) is 0 Å². The van der Waals surface area contributed by atoms with Crippen molar-refractivity contribution >= 4 is 62.3 Å². The van der Waals surface area contributed by atoms with E-state index in [4.69, 9.17) is 33.2 Å². The predicted octanol–water partition coefficient (Wildman–Crippen LogP) is 4.66. The molecule has 0 saturated heterocycles. The van der Waals surface area contributed by atoms with Gasteiger partial charge in [-0.05, 0) is 43.3 Å². The van der Waals surface area contributed by atoms with E-state index in [0.717, 1.165) is 4.70 Å². The van der Waals surface area contributed by atoms with E-state index in [9.17, 15) is 9.59 Å². The highest BCUT2D eigenvalue weighted by Gasteiger charge is 2.21. The maximum atomic E-state index is 12.3. The smallest absolute Gasteiger partial charge is 0.349 e. The summed E-state index contributed by atoms with van der Waals surface area (Å²) in [6.07, 6.45) is -1.03. The highest BCUT2D eigenvalue weighted by Crippen LogP contribution is 2.26. The van der Waals surface area contributed by atoms with Gasteiger partial charge in [-0.2, -0.15) is 5.26 Å². The van der Waals surface area contributed by atoms with E-state index in [1.165, 1.54) is 36.5 Å². The zero-order valence-electron chi connectivity index (χ0n) is 13.8. The van der Waals surface area contributed by atoms with Crippen LogP contribution >= 0.6 is 34.5 Å². The Morgan fingerprint density at radius 2 is 2.04 bits per heavy atom. The topological polar surface area (TPSA) is 92.1 Å². The Hall–Kier alpha value is -2.66. The minimum Gasteiger partial charge on any atom is -0.448 e. The summed E-state index contributed by atoms with van der Waals surface area (Å²) in [6, 6.07) is 11.4. The van der Waals surface area contributed by atoms with Crippen LogP contribution in [-0.4, -0.2) is 23.0 Å². The number of nitrogens with one attached hydrogen (secondary N) is 1. The van der Waals surface area contributed by atoms with Crippen molar-refractivity contribution < 1.29 is 14.3 Å². The number of esters is 1. The Kier molecular flexibility index (Phi) is 5.61. The molecule has 0 aliphatic rings. The zero-order valence-corrected chi connectivity index (χ0v) is 16.2. The number of carbonyl (C=O) groups excluding carboxylic acids is 2. The maximum Gasteiger partial charge on any atom is 0.349 e. The monoisotopic (exact) mass is 419 g/mol. The first-order valence-corrected chi connectivity index (χ1v) is 9.22. The molecule has 0 spiro atoms. The van der Waals surface area contributed by atoms with Crippen LogP contribution in [0.2, 0.25) is 10.2 Å². The summed E-state index contributed by atoms with van der Waals surface area (Å²) in [7, 11) is 0. The minimum absolute atomic E-state index is 0.219. The first-order chi connectivity index (χ1) is 12.9. The Morgan fingerprint density at radius 1 is 1.26 bits per heavy atom. The van der Waals surface area contributed by atoms with Crippen molar-refractivity contribution in [1.82, 2.24) is 4.98 Å². The number of nitriles is 1. The number of amides is 1. The number of pyridine rings is 1. The van der Waals surface area contributed by atoms with Gasteiger partial charge in [-0.25, -0.2) is 9.78 Å². The Bertz CT molecular complexity index is 1090. The largest absolute Gasteiger partial charge is 0.448 e. The number of ether oxygens (including phenoxy) is 1. The average molecular weight is 420 g/mol. The fourth-order valence-electron chi connectivity index (χ4n) is 2.20. The summed E-state index contributed by atoms with van der Waals surface area (Å²) in [4.78, 5) is 29.0. The van der Waals surface area contributed by atoms with Crippen molar-refractivity contribution in [2.75, 3.05) is 5.32 Å². The Labute approximate surface area is 168 Å². The molecule has 1 amide bonds. The number of thiophene rings is 1. The normalized spacial score (nSPS) is 11.6. The molecule has 1 atom stereocenters. The van der Waals surface area contributed by atoms with Gasteiger partial charge in [-0.3, -0.25) is 4.79 Å². The first kappa shape index (κ1) is 19.1. The zero-order chi connectivity index (χ0) is 19.6. The van der Waals surface area contributed by atoms with Gasteiger partial charge in [0.2, 0.25) is 0 Å². The fraction of sp³-hybridized carbons (Fsp3) is 0.111. The summed E-state index contributed by atoms with van der Waals surface area (Å²) in [5.41, 5.74) is 1.28. The lowest BCUT2D eigenvalue weighted by Crippen LogP contribution is -2.29. The van der Waals surface area contributed by atoms with Gasteiger partial charge in [0, 0.05) is 5.69 Å². The number of anilines is 1. The van der Waals surface area contributed by atoms with Crippen LogP contribution in [-0.2, 0) is 9.53 Å². The molecule has 1 unspecified atom stereocenters. The third kappa shape index (κ3) is 4.37. The molecule has 6 nitrogen and oxygen atoms in total. The standard InChI is InChI=1S/C18H11Cl2N3O3S/c1-9(17(24)22-11-3-2-10(8-21)12(19)6-11)26-18(25)15-7-13-14(27-15)4-5-16(20)23-13/h2-7,9H,1H3,(H,22,24). The third-order valence-electron chi connectivity index (χ3n) is 3.55. The minimum atomic E-state index is -1.03. The second-order valence-corrected chi connectivity index (χ2v) is 7.35. The number of benzene rings is 1. The quantitative estimate of drug-likeness (QED) is 0.490. The molecule has 1 aromatic carbocycles. The molecule has 27 heavy (non-hydrogen) atoms. The molecule has 3 rings (SSSR count). The number of nitrogens with zero attached hydrogens (tertiary/aromatic N) is 2. The number of rotatable bonds is 4. The summed E-state index contributed by atoms with van der Waals surface area (Å²) < 4.78 is 6.01. The van der Waals surface area contributed by atoms with Crippen LogP contribution in [0.3, 0.4) is 0 Å². The molecule has 136 valence electrons. The van der Waals surface area contributed by atoms with Crippen LogP contribution in [0.1, 0.15) is 22.2 Å². The van der Waals surface area contributed by atoms with Gasteiger partial charge in [-0.15, -0.1) is 11.3 Å². The van der Waals surface area contributed by atoms with Crippen LogP contribution in [0.4, 0.5) is 5.69 Å². The summed E-state index contributed by atoms with van der Waals surface area (Å²) >= 11 is 13.0. The number of fused-ring (bicyclic) bond motifs is 1. The summed E-state index contributed by atoms with van der Waals surface area (Å²) in [6.45, 7) is 1.46. The fourth-order valence-corrected chi connectivity index (χ4v) is 3.46. The van der Waals surface area contributed by atoms with E-state index in [-0.39, 0.29) is 5.02 Å². The molecule has 0 bridgehead atoms. The van der Waals surface area contributed by atoms with E-state index in [2.05, 4.69) is 10.3 Å². The van der Waals surface area contributed by atoms with Gasteiger partial charge in [0.15, 0.2) is 6.10 Å². The van der Waals surface area contributed by atoms with Crippen molar-refractivity contribution in [3.05, 3.63) is 57.0 Å². The van der Waals surface area contributed by atoms with E-state index in [0.29, 0.717) is 26.8 Å². The van der Waals surface area contributed by atoms with Gasteiger partial charge in [0.1, 0.15) is 16.1 Å². The molecule has 0 saturated carbocycles. The van der Waals surface area contributed by atoms with E-state index < -0.39 is 18.0 Å². The second-order valence-electron chi connectivity index (χ2n) is 5.47. The van der Waals surface area contributed by atoms with Crippen molar-refractivity contribution in [3.8, 4) is 6.07 Å². The van der Waals surface area contributed by atoms with Gasteiger partial charge in [0.25, 0.3) is 5.91 Å². The summed E-state index contributed by atoms with van der Waals surface area (Å²) in [5.74, 6) is -1.15. The average Bonchev–Trinajstić information content (AvgIpc) is 3.05. The van der Waals surface area contributed by atoms with Crippen LogP contribution in [0.25, 0.3) is 10.2 Å². The molecule has 1 N–H and O–H groups in total. The number of carbonyl (C=O) groups is 2. The van der Waals surface area contributed by atoms with Crippen molar-refractivity contribution in [2.24, 2.45) is 0 Å². The van der Waals surface area contributed by atoms with Crippen LogP contribution < -0.4 is 5.32 Å². The van der Waals surface area contributed by atoms with Crippen molar-refractivity contribution in [2.45, 2.75) is 13.0 Å². The predicted molar refractivity (Wildman–Crippen MR) is 104 cm³/mol. The van der Waals surface area contributed by atoms with E-state index in [1.807, 2.05) is 6.07 Å².